The van der Waals surface area contributed by atoms with Gasteiger partial charge in [-0.1, -0.05) is 24.3 Å². The molecule has 0 fully saturated rings. The number of ether oxygens (including phenoxy) is 1. The van der Waals surface area contributed by atoms with E-state index in [2.05, 4.69) is 5.32 Å². The van der Waals surface area contributed by atoms with Gasteiger partial charge in [-0.15, -0.1) is 0 Å². The lowest BCUT2D eigenvalue weighted by atomic mass is 10.1. The van der Waals surface area contributed by atoms with Gasteiger partial charge in [0.15, 0.2) is 6.61 Å². The van der Waals surface area contributed by atoms with Crippen molar-refractivity contribution in [1.82, 2.24) is 4.90 Å². The third kappa shape index (κ3) is 4.30. The molecule has 0 radical (unpaired) electrons. The molecule has 1 aliphatic heterocycles. The zero-order chi connectivity index (χ0) is 21.1. The molecule has 0 atom stereocenters. The Morgan fingerprint density at radius 3 is 2.67 bits per heavy atom. The predicted octanol–water partition coefficient (Wildman–Crippen LogP) is 4.14. The lowest BCUT2D eigenvalue weighted by Crippen LogP contribution is -2.32. The van der Waals surface area contributed by atoms with Crippen LogP contribution in [0, 0.1) is 11.6 Å². The number of benzene rings is 3. The fourth-order valence-corrected chi connectivity index (χ4v) is 3.26. The van der Waals surface area contributed by atoms with Crippen molar-refractivity contribution in [2.75, 3.05) is 11.9 Å². The van der Waals surface area contributed by atoms with Crippen LogP contribution in [0.25, 0.3) is 0 Å². The summed E-state index contributed by atoms with van der Waals surface area (Å²) >= 11 is 0. The molecule has 3 aromatic carbocycles. The quantitative estimate of drug-likeness (QED) is 0.706. The van der Waals surface area contributed by atoms with E-state index in [-0.39, 0.29) is 37.0 Å². The summed E-state index contributed by atoms with van der Waals surface area (Å²) in [6, 6.07) is 16.7. The molecule has 1 N–H and O–H groups in total. The highest BCUT2D eigenvalue weighted by Gasteiger charge is 2.23. The van der Waals surface area contributed by atoms with Gasteiger partial charge in [0.1, 0.15) is 17.4 Å². The van der Waals surface area contributed by atoms with E-state index in [1.807, 2.05) is 0 Å². The second-order valence-electron chi connectivity index (χ2n) is 6.92. The van der Waals surface area contributed by atoms with Crippen LogP contribution >= 0.6 is 0 Å². The maximum Gasteiger partial charge on any atom is 0.261 e. The number of hydrogen-bond donors (Lipinski definition) is 1. The molecule has 0 unspecified atom stereocenters. The molecule has 2 amide bonds. The maximum absolute atomic E-state index is 14.0. The Kier molecular flexibility index (Phi) is 5.43. The van der Waals surface area contributed by atoms with Gasteiger partial charge in [0.2, 0.25) is 0 Å². The minimum absolute atomic E-state index is 0.105. The van der Waals surface area contributed by atoms with Crippen LogP contribution in [0.15, 0.2) is 66.7 Å². The van der Waals surface area contributed by atoms with E-state index in [4.69, 9.17) is 4.74 Å². The molecule has 1 heterocycles. The number of carbonyl (C=O) groups excluding carboxylic acids is 2. The number of halogens is 2. The third-order valence-electron chi connectivity index (χ3n) is 4.79. The first-order chi connectivity index (χ1) is 14.5. The lowest BCUT2D eigenvalue weighted by Gasteiger charge is -2.20. The average molecular weight is 408 g/mol. The SMILES string of the molecule is O=C(Nc1ccc2c(c1)CN(Cc1ccccc1F)C(=O)CO2)c1cccc(F)c1. The minimum Gasteiger partial charge on any atom is -0.483 e. The van der Waals surface area contributed by atoms with Gasteiger partial charge in [-0.3, -0.25) is 9.59 Å². The van der Waals surface area contributed by atoms with Crippen molar-refractivity contribution >= 4 is 17.5 Å². The number of amides is 2. The molecule has 152 valence electrons. The van der Waals surface area contributed by atoms with Gasteiger partial charge in [0.05, 0.1) is 0 Å². The van der Waals surface area contributed by atoms with E-state index in [0.29, 0.717) is 22.6 Å². The molecule has 0 aromatic heterocycles. The second kappa shape index (κ2) is 8.32. The number of rotatable bonds is 4. The summed E-state index contributed by atoms with van der Waals surface area (Å²) in [6.45, 7) is 0.150. The fraction of sp³-hybridized carbons (Fsp3) is 0.130. The molecule has 30 heavy (non-hydrogen) atoms. The molecule has 5 nitrogen and oxygen atoms in total. The summed E-state index contributed by atoms with van der Waals surface area (Å²) in [7, 11) is 0. The predicted molar refractivity (Wildman–Crippen MR) is 107 cm³/mol. The maximum atomic E-state index is 14.0. The van der Waals surface area contributed by atoms with E-state index in [1.54, 1.807) is 36.4 Å². The molecular formula is C23H18F2N2O3. The monoisotopic (exact) mass is 408 g/mol. The zero-order valence-electron chi connectivity index (χ0n) is 15.9. The standard InChI is InChI=1S/C23H18F2N2O3/c24-18-6-3-5-15(10-18)23(29)26-19-8-9-21-17(11-19)13-27(22(28)14-30-21)12-16-4-1-2-7-20(16)25/h1-11H,12-14H2,(H,26,29). The Balaban J connectivity index is 1.55. The molecular weight excluding hydrogens is 390 g/mol. The summed E-state index contributed by atoms with van der Waals surface area (Å²) in [5.74, 6) is -1.08. The van der Waals surface area contributed by atoms with Gasteiger partial charge in [0, 0.05) is 35.5 Å². The van der Waals surface area contributed by atoms with Crippen LogP contribution in [0.5, 0.6) is 5.75 Å². The first kappa shape index (κ1) is 19.6. The molecule has 4 rings (SSSR count). The van der Waals surface area contributed by atoms with Crippen LogP contribution in [-0.2, 0) is 17.9 Å². The number of fused-ring (bicyclic) bond motifs is 1. The summed E-state index contributed by atoms with van der Waals surface area (Å²) in [4.78, 5) is 26.3. The Morgan fingerprint density at radius 2 is 1.87 bits per heavy atom. The number of hydrogen-bond acceptors (Lipinski definition) is 3. The van der Waals surface area contributed by atoms with Crippen molar-refractivity contribution in [2.45, 2.75) is 13.1 Å². The molecule has 1 aliphatic rings. The highest BCUT2D eigenvalue weighted by Crippen LogP contribution is 2.28. The van der Waals surface area contributed by atoms with Gasteiger partial charge < -0.3 is 15.0 Å². The molecule has 0 spiro atoms. The van der Waals surface area contributed by atoms with Crippen molar-refractivity contribution in [1.29, 1.82) is 0 Å². The molecule has 0 aliphatic carbocycles. The first-order valence-corrected chi connectivity index (χ1v) is 9.33. The second-order valence-corrected chi connectivity index (χ2v) is 6.92. The largest absolute Gasteiger partial charge is 0.483 e. The van der Waals surface area contributed by atoms with E-state index in [1.165, 1.54) is 29.2 Å². The van der Waals surface area contributed by atoms with E-state index >= 15 is 0 Å². The Labute approximate surface area is 171 Å². The van der Waals surface area contributed by atoms with Crippen molar-refractivity contribution in [3.05, 3.63) is 95.1 Å². The Bertz CT molecular complexity index is 1120. The highest BCUT2D eigenvalue weighted by molar-refractivity contribution is 6.04. The van der Waals surface area contributed by atoms with Gasteiger partial charge in [-0.2, -0.15) is 0 Å². The number of carbonyl (C=O) groups is 2. The van der Waals surface area contributed by atoms with E-state index in [9.17, 15) is 18.4 Å². The molecule has 3 aromatic rings. The van der Waals surface area contributed by atoms with Crippen molar-refractivity contribution < 1.29 is 23.1 Å². The van der Waals surface area contributed by atoms with Crippen LogP contribution in [0.4, 0.5) is 14.5 Å². The van der Waals surface area contributed by atoms with Gasteiger partial charge in [-0.05, 0) is 42.5 Å². The van der Waals surface area contributed by atoms with Crippen LogP contribution in [0.1, 0.15) is 21.5 Å². The van der Waals surface area contributed by atoms with Gasteiger partial charge >= 0.3 is 0 Å². The molecule has 0 bridgehead atoms. The summed E-state index contributed by atoms with van der Waals surface area (Å²) in [5.41, 5.74) is 1.75. The van der Waals surface area contributed by atoms with Gasteiger partial charge in [0.25, 0.3) is 11.8 Å². The summed E-state index contributed by atoms with van der Waals surface area (Å²) in [6.07, 6.45) is 0. The van der Waals surface area contributed by atoms with Crippen molar-refractivity contribution in [2.24, 2.45) is 0 Å². The van der Waals surface area contributed by atoms with Crippen molar-refractivity contribution in [3.8, 4) is 5.75 Å². The Morgan fingerprint density at radius 1 is 1.03 bits per heavy atom. The molecule has 7 heteroatoms. The van der Waals surface area contributed by atoms with Gasteiger partial charge in [-0.25, -0.2) is 8.78 Å². The molecule has 0 saturated carbocycles. The number of nitrogens with zero attached hydrogens (tertiary/aromatic N) is 1. The minimum atomic E-state index is -0.500. The first-order valence-electron chi connectivity index (χ1n) is 9.33. The highest BCUT2D eigenvalue weighted by atomic mass is 19.1. The molecule has 0 saturated heterocycles. The van der Waals surface area contributed by atoms with Crippen LogP contribution in [0.2, 0.25) is 0 Å². The zero-order valence-corrected chi connectivity index (χ0v) is 15.9. The summed E-state index contributed by atoms with van der Waals surface area (Å²) in [5, 5.41) is 2.72. The van der Waals surface area contributed by atoms with Crippen LogP contribution in [-0.4, -0.2) is 23.3 Å². The third-order valence-corrected chi connectivity index (χ3v) is 4.79. The van der Waals surface area contributed by atoms with Crippen LogP contribution < -0.4 is 10.1 Å². The van der Waals surface area contributed by atoms with E-state index in [0.717, 1.165) is 6.07 Å². The van der Waals surface area contributed by atoms with Crippen molar-refractivity contribution in [3.63, 3.8) is 0 Å². The topological polar surface area (TPSA) is 58.6 Å². The van der Waals surface area contributed by atoms with E-state index < -0.39 is 11.7 Å². The summed E-state index contributed by atoms with van der Waals surface area (Å²) < 4.78 is 33.0. The smallest absolute Gasteiger partial charge is 0.261 e. The lowest BCUT2D eigenvalue weighted by molar-refractivity contribution is -0.133. The van der Waals surface area contributed by atoms with Crippen LogP contribution in [0.3, 0.4) is 0 Å². The number of anilines is 1. The fourth-order valence-electron chi connectivity index (χ4n) is 3.26. The Hall–Kier alpha value is -3.74. The number of nitrogens with one attached hydrogen (secondary N) is 1. The average Bonchev–Trinajstić information content (AvgIpc) is 2.88. The normalized spacial score (nSPS) is 13.3.